The first kappa shape index (κ1) is 13.7. The Morgan fingerprint density at radius 3 is 2.47 bits per heavy atom. The van der Waals surface area contributed by atoms with Crippen molar-refractivity contribution in [3.8, 4) is 0 Å². The van der Waals surface area contributed by atoms with Crippen LogP contribution in [0.25, 0.3) is 0 Å². The summed E-state index contributed by atoms with van der Waals surface area (Å²) in [5, 5.41) is 2.89. The molecule has 2 rings (SSSR count). The van der Waals surface area contributed by atoms with Crippen molar-refractivity contribution >= 4 is 17.2 Å². The number of nitrogens with zero attached hydrogens (tertiary/aromatic N) is 2. The van der Waals surface area contributed by atoms with Crippen molar-refractivity contribution in [1.29, 1.82) is 0 Å². The van der Waals surface area contributed by atoms with Gasteiger partial charge in [0.2, 0.25) is 0 Å². The molecule has 0 spiro atoms. The minimum Gasteiger partial charge on any atom is -0.351 e. The Balaban J connectivity index is 1.88. The summed E-state index contributed by atoms with van der Waals surface area (Å²) in [5.74, 6) is 0.752. The molecule has 0 atom stereocenters. The van der Waals surface area contributed by atoms with Crippen molar-refractivity contribution in [3.63, 3.8) is 0 Å². The molecule has 0 aliphatic carbocycles. The topological polar surface area (TPSA) is 54.9 Å². The molecule has 0 fully saturated rings. The lowest BCUT2D eigenvalue weighted by molar-refractivity contribution is 0.0958. The number of rotatable bonds is 4. The van der Waals surface area contributed by atoms with Gasteiger partial charge in [-0.15, -0.1) is 11.3 Å². The molecule has 2 aromatic rings. The Hall–Kier alpha value is -1.75. The fourth-order valence-corrected chi connectivity index (χ4v) is 2.63. The van der Waals surface area contributed by atoms with Crippen LogP contribution in [0.3, 0.4) is 0 Å². The number of aromatic nitrogens is 2. The van der Waals surface area contributed by atoms with Gasteiger partial charge >= 0.3 is 0 Å². The van der Waals surface area contributed by atoms with Gasteiger partial charge < -0.3 is 5.32 Å². The molecule has 0 radical (unpaired) electrons. The Labute approximate surface area is 116 Å². The van der Waals surface area contributed by atoms with E-state index in [2.05, 4.69) is 15.3 Å². The molecule has 1 amide bonds. The summed E-state index contributed by atoms with van der Waals surface area (Å²) in [6.45, 7) is 6.44. The van der Waals surface area contributed by atoms with Crippen LogP contribution >= 0.6 is 11.3 Å². The number of carbonyl (C=O) groups excluding carboxylic acids is 1. The first-order chi connectivity index (χ1) is 9.04. The predicted molar refractivity (Wildman–Crippen MR) is 76.6 cm³/mol. The second kappa shape index (κ2) is 5.93. The highest BCUT2D eigenvalue weighted by Gasteiger charge is 2.07. The van der Waals surface area contributed by atoms with Crippen molar-refractivity contribution in [2.75, 3.05) is 6.54 Å². The Kier molecular flexibility index (Phi) is 4.27. The molecule has 19 heavy (non-hydrogen) atoms. The summed E-state index contributed by atoms with van der Waals surface area (Å²) in [5.41, 5.74) is 1.92. The van der Waals surface area contributed by atoms with E-state index in [1.807, 2.05) is 39.0 Å². The van der Waals surface area contributed by atoms with Crippen molar-refractivity contribution in [1.82, 2.24) is 15.3 Å². The molecular formula is C14H17N3OS. The highest BCUT2D eigenvalue weighted by molar-refractivity contribution is 7.13. The molecule has 2 heterocycles. The maximum atomic E-state index is 11.8. The second-order valence-electron chi connectivity index (χ2n) is 4.48. The molecular weight excluding hydrogens is 258 g/mol. The van der Waals surface area contributed by atoms with Crippen LogP contribution in [-0.4, -0.2) is 22.4 Å². The molecule has 0 aromatic carbocycles. The Morgan fingerprint density at radius 1 is 1.21 bits per heavy atom. The molecule has 0 saturated carbocycles. The molecule has 5 heteroatoms. The zero-order valence-corrected chi connectivity index (χ0v) is 12.2. The first-order valence-corrected chi connectivity index (χ1v) is 7.02. The number of nitrogens with one attached hydrogen (secondary N) is 1. The molecule has 1 N–H and O–H groups in total. The standard InChI is InChI=1S/C14H17N3OS/c1-9-8-10(2)17-13(16-9)6-7-15-14(18)12-5-4-11(3)19-12/h4-5,8H,6-7H2,1-3H3,(H,15,18). The monoisotopic (exact) mass is 275 g/mol. The zero-order valence-electron chi connectivity index (χ0n) is 11.4. The van der Waals surface area contributed by atoms with E-state index in [0.717, 1.165) is 27.0 Å². The average Bonchev–Trinajstić information content (AvgIpc) is 2.74. The van der Waals surface area contributed by atoms with Gasteiger partial charge in [-0.3, -0.25) is 4.79 Å². The van der Waals surface area contributed by atoms with Crippen LogP contribution in [0.4, 0.5) is 0 Å². The van der Waals surface area contributed by atoms with Crippen LogP contribution in [0.1, 0.15) is 31.8 Å². The van der Waals surface area contributed by atoms with Crippen LogP contribution in [0.15, 0.2) is 18.2 Å². The number of thiophene rings is 1. The summed E-state index contributed by atoms with van der Waals surface area (Å²) in [6, 6.07) is 5.74. The molecule has 0 aliphatic heterocycles. The molecule has 0 aliphatic rings. The minimum absolute atomic E-state index is 0.0255. The van der Waals surface area contributed by atoms with E-state index in [1.165, 1.54) is 11.3 Å². The van der Waals surface area contributed by atoms with Gasteiger partial charge in [0.25, 0.3) is 5.91 Å². The van der Waals surface area contributed by atoms with Gasteiger partial charge in [-0.25, -0.2) is 9.97 Å². The fraction of sp³-hybridized carbons (Fsp3) is 0.357. The smallest absolute Gasteiger partial charge is 0.261 e. The number of hydrogen-bond acceptors (Lipinski definition) is 4. The largest absolute Gasteiger partial charge is 0.351 e. The maximum Gasteiger partial charge on any atom is 0.261 e. The van der Waals surface area contributed by atoms with Crippen LogP contribution in [0, 0.1) is 20.8 Å². The lowest BCUT2D eigenvalue weighted by atomic mass is 10.3. The Bertz CT molecular complexity index is 572. The van der Waals surface area contributed by atoms with E-state index in [0.29, 0.717) is 13.0 Å². The summed E-state index contributed by atoms with van der Waals surface area (Å²) in [6.07, 6.45) is 0.651. The fourth-order valence-electron chi connectivity index (χ4n) is 1.84. The van der Waals surface area contributed by atoms with Gasteiger partial charge in [0, 0.05) is 29.2 Å². The van der Waals surface area contributed by atoms with E-state index in [4.69, 9.17) is 0 Å². The summed E-state index contributed by atoms with van der Waals surface area (Å²) in [4.78, 5) is 22.4. The highest BCUT2D eigenvalue weighted by atomic mass is 32.1. The number of hydrogen-bond donors (Lipinski definition) is 1. The van der Waals surface area contributed by atoms with E-state index in [-0.39, 0.29) is 5.91 Å². The van der Waals surface area contributed by atoms with Crippen molar-refractivity contribution < 1.29 is 4.79 Å². The normalized spacial score (nSPS) is 10.5. The summed E-state index contributed by atoms with van der Waals surface area (Å²) >= 11 is 1.50. The molecule has 100 valence electrons. The predicted octanol–water partition coefficient (Wildman–Crippen LogP) is 2.44. The van der Waals surface area contributed by atoms with Gasteiger partial charge in [0.15, 0.2) is 0 Å². The molecule has 4 nitrogen and oxygen atoms in total. The van der Waals surface area contributed by atoms with Gasteiger partial charge in [-0.1, -0.05) is 0 Å². The summed E-state index contributed by atoms with van der Waals surface area (Å²) < 4.78 is 0. The van der Waals surface area contributed by atoms with Crippen molar-refractivity contribution in [2.45, 2.75) is 27.2 Å². The SMILES string of the molecule is Cc1cc(C)nc(CCNC(=O)c2ccc(C)s2)n1. The molecule has 0 bridgehead atoms. The van der Waals surface area contributed by atoms with Gasteiger partial charge in [-0.05, 0) is 39.0 Å². The van der Waals surface area contributed by atoms with Crippen LogP contribution in [-0.2, 0) is 6.42 Å². The third-order valence-corrected chi connectivity index (χ3v) is 3.63. The number of aryl methyl sites for hydroxylation is 3. The number of amides is 1. The van der Waals surface area contributed by atoms with Gasteiger partial charge in [0.05, 0.1) is 4.88 Å². The molecule has 2 aromatic heterocycles. The van der Waals surface area contributed by atoms with Crippen molar-refractivity contribution in [2.24, 2.45) is 0 Å². The van der Waals surface area contributed by atoms with E-state index >= 15 is 0 Å². The number of carbonyl (C=O) groups is 1. The second-order valence-corrected chi connectivity index (χ2v) is 5.77. The highest BCUT2D eigenvalue weighted by Crippen LogP contribution is 2.14. The van der Waals surface area contributed by atoms with Crippen LogP contribution in [0.2, 0.25) is 0 Å². The van der Waals surface area contributed by atoms with Gasteiger partial charge in [0.1, 0.15) is 5.82 Å². The van der Waals surface area contributed by atoms with Crippen LogP contribution in [0.5, 0.6) is 0 Å². The lowest BCUT2D eigenvalue weighted by Crippen LogP contribution is -2.25. The zero-order chi connectivity index (χ0) is 13.8. The molecule has 0 unspecified atom stereocenters. The van der Waals surface area contributed by atoms with Crippen molar-refractivity contribution in [3.05, 3.63) is 45.2 Å². The van der Waals surface area contributed by atoms with Gasteiger partial charge in [-0.2, -0.15) is 0 Å². The lowest BCUT2D eigenvalue weighted by Gasteiger charge is -2.04. The summed E-state index contributed by atoms with van der Waals surface area (Å²) in [7, 11) is 0. The third-order valence-electron chi connectivity index (χ3n) is 2.63. The average molecular weight is 275 g/mol. The van der Waals surface area contributed by atoms with E-state index < -0.39 is 0 Å². The molecule has 0 saturated heterocycles. The Morgan fingerprint density at radius 2 is 1.89 bits per heavy atom. The first-order valence-electron chi connectivity index (χ1n) is 6.20. The quantitative estimate of drug-likeness (QED) is 0.932. The minimum atomic E-state index is -0.0255. The third kappa shape index (κ3) is 3.86. The van der Waals surface area contributed by atoms with E-state index in [1.54, 1.807) is 0 Å². The van der Waals surface area contributed by atoms with E-state index in [9.17, 15) is 4.79 Å². The maximum absolute atomic E-state index is 11.8. The van der Waals surface area contributed by atoms with Crippen LogP contribution < -0.4 is 5.32 Å².